The molecule has 0 aliphatic carbocycles. The Morgan fingerprint density at radius 1 is 0.891 bits per heavy atom. The second kappa shape index (κ2) is 11.6. The maximum absolute atomic E-state index is 14.1. The van der Waals surface area contributed by atoms with Crippen LogP contribution in [0.15, 0.2) is 82.6 Å². The number of thioether (sulfide) groups is 1. The molecule has 1 N–H and O–H groups in total. The molecule has 3 heterocycles. The predicted molar refractivity (Wildman–Crippen MR) is 172 cm³/mol. The van der Waals surface area contributed by atoms with E-state index in [0.717, 1.165) is 51.9 Å². The number of aromatic nitrogens is 1. The van der Waals surface area contributed by atoms with Crippen molar-refractivity contribution in [1.82, 2.24) is 4.57 Å². The highest BCUT2D eigenvalue weighted by atomic mass is 32.2. The molecule has 3 atom stereocenters. The van der Waals surface area contributed by atoms with E-state index in [1.807, 2.05) is 43.3 Å². The van der Waals surface area contributed by atoms with E-state index in [9.17, 15) is 32.3 Å². The van der Waals surface area contributed by atoms with E-state index in [1.165, 1.54) is 21.6 Å². The summed E-state index contributed by atoms with van der Waals surface area (Å²) in [6.07, 6.45) is -4.59. The molecule has 7 nitrogen and oxygen atoms in total. The van der Waals surface area contributed by atoms with Crippen molar-refractivity contribution in [2.75, 3.05) is 10.2 Å². The topological polar surface area (TPSA) is 88.5 Å². The Morgan fingerprint density at radius 2 is 1.57 bits per heavy atom. The maximum Gasteiger partial charge on any atom is 0.416 e. The number of imide groups is 1. The zero-order chi connectivity index (χ0) is 33.1. The summed E-state index contributed by atoms with van der Waals surface area (Å²) in [5.41, 5.74) is 2.16. The molecule has 2 aliphatic heterocycles. The van der Waals surface area contributed by atoms with Gasteiger partial charge in [0.15, 0.2) is 0 Å². The molecule has 2 aliphatic rings. The fourth-order valence-corrected chi connectivity index (χ4v) is 8.64. The fourth-order valence-electron chi connectivity index (χ4n) is 5.87. The number of fused-ring (bicyclic) bond motifs is 2. The van der Waals surface area contributed by atoms with Gasteiger partial charge in [0.25, 0.3) is 0 Å². The lowest BCUT2D eigenvalue weighted by molar-refractivity contribution is -0.137. The van der Waals surface area contributed by atoms with Gasteiger partial charge in [-0.1, -0.05) is 91.9 Å². The summed E-state index contributed by atoms with van der Waals surface area (Å²) in [6.45, 7) is 7.68. The Kier molecular flexibility index (Phi) is 8.00. The van der Waals surface area contributed by atoms with Crippen LogP contribution in [0.3, 0.4) is 0 Å². The zero-order valence-corrected chi connectivity index (χ0v) is 27.0. The van der Waals surface area contributed by atoms with Gasteiger partial charge in [-0.15, -0.1) is 0 Å². The average molecular weight is 666 g/mol. The third kappa shape index (κ3) is 5.79. The van der Waals surface area contributed by atoms with Crippen LogP contribution < -0.4 is 15.1 Å². The molecule has 3 aromatic carbocycles. The molecular formula is C34H30F3N3O4S2. The van der Waals surface area contributed by atoms with Crippen molar-refractivity contribution >= 4 is 52.2 Å². The van der Waals surface area contributed by atoms with Gasteiger partial charge in [0.2, 0.25) is 17.7 Å². The Balaban J connectivity index is 1.39. The number of anilines is 2. The van der Waals surface area contributed by atoms with E-state index in [4.69, 9.17) is 0 Å². The first kappa shape index (κ1) is 31.8. The molecule has 0 radical (unpaired) electrons. The number of halogens is 3. The van der Waals surface area contributed by atoms with Crippen LogP contribution in [0.2, 0.25) is 0 Å². The molecule has 2 unspecified atom stereocenters. The van der Waals surface area contributed by atoms with Crippen LogP contribution >= 0.6 is 23.1 Å². The molecule has 1 fully saturated rings. The van der Waals surface area contributed by atoms with Crippen LogP contribution in [-0.4, -0.2) is 27.5 Å². The van der Waals surface area contributed by atoms with Crippen LogP contribution in [0.4, 0.5) is 24.5 Å². The van der Waals surface area contributed by atoms with Gasteiger partial charge in [-0.05, 0) is 53.8 Å². The molecule has 1 aromatic heterocycles. The van der Waals surface area contributed by atoms with Crippen molar-refractivity contribution in [3.8, 4) is 0 Å². The van der Waals surface area contributed by atoms with Crippen LogP contribution in [0.5, 0.6) is 0 Å². The Morgan fingerprint density at radius 3 is 2.20 bits per heavy atom. The zero-order valence-electron chi connectivity index (χ0n) is 25.3. The predicted octanol–water partition coefficient (Wildman–Crippen LogP) is 6.97. The highest BCUT2D eigenvalue weighted by Gasteiger charge is 2.56. The van der Waals surface area contributed by atoms with Crippen molar-refractivity contribution < 1.29 is 27.6 Å². The van der Waals surface area contributed by atoms with Gasteiger partial charge in [0.05, 0.1) is 22.2 Å². The lowest BCUT2D eigenvalue weighted by Crippen LogP contribution is -2.33. The average Bonchev–Trinajstić information content (AvgIpc) is 3.43. The van der Waals surface area contributed by atoms with Crippen LogP contribution in [-0.2, 0) is 32.5 Å². The number of amides is 3. The largest absolute Gasteiger partial charge is 0.416 e. The van der Waals surface area contributed by atoms with Crippen LogP contribution in [0, 0.1) is 12.8 Å². The number of hydrogen-bond acceptors (Lipinski definition) is 6. The number of benzene rings is 3. The van der Waals surface area contributed by atoms with Crippen molar-refractivity contribution in [3.05, 3.63) is 110 Å². The molecule has 0 spiro atoms. The van der Waals surface area contributed by atoms with Gasteiger partial charge in [0, 0.05) is 16.5 Å². The van der Waals surface area contributed by atoms with Gasteiger partial charge in [-0.2, -0.15) is 13.2 Å². The van der Waals surface area contributed by atoms with Crippen molar-refractivity contribution in [2.45, 2.75) is 62.0 Å². The lowest BCUT2D eigenvalue weighted by Gasteiger charge is -2.31. The number of thiazole rings is 1. The summed E-state index contributed by atoms with van der Waals surface area (Å²) < 4.78 is 40.9. The number of aryl methyl sites for hydroxylation is 1. The van der Waals surface area contributed by atoms with Gasteiger partial charge >= 0.3 is 11.0 Å². The number of alkyl halides is 3. The summed E-state index contributed by atoms with van der Waals surface area (Å²) in [7, 11) is 0. The monoisotopic (exact) mass is 665 g/mol. The molecule has 6 rings (SSSR count). The molecule has 3 amide bonds. The third-order valence-electron chi connectivity index (χ3n) is 8.25. The second-order valence-corrected chi connectivity index (χ2v) is 14.6. The molecule has 238 valence electrons. The molecule has 0 bridgehead atoms. The first-order valence-electron chi connectivity index (χ1n) is 14.6. The Labute approximate surface area is 271 Å². The highest BCUT2D eigenvalue weighted by Crippen LogP contribution is 2.54. The van der Waals surface area contributed by atoms with Crippen LogP contribution in [0.25, 0.3) is 0 Å². The third-order valence-corrected chi connectivity index (χ3v) is 10.9. The minimum absolute atomic E-state index is 0.0631. The summed E-state index contributed by atoms with van der Waals surface area (Å²) in [5.74, 6) is -2.91. The number of nitrogens with one attached hydrogen (secondary N) is 1. The van der Waals surface area contributed by atoms with Gasteiger partial charge in [0.1, 0.15) is 11.8 Å². The first-order valence-corrected chi connectivity index (χ1v) is 16.3. The van der Waals surface area contributed by atoms with E-state index in [-0.39, 0.29) is 17.0 Å². The van der Waals surface area contributed by atoms with E-state index in [2.05, 4.69) is 26.1 Å². The number of carbonyl (C=O) groups excluding carboxylic acids is 3. The molecular weight excluding hydrogens is 636 g/mol. The van der Waals surface area contributed by atoms with Gasteiger partial charge in [-0.3, -0.25) is 23.7 Å². The maximum atomic E-state index is 14.1. The fraction of sp³-hybridized carbons (Fsp3) is 0.294. The van der Waals surface area contributed by atoms with Crippen molar-refractivity contribution in [3.63, 3.8) is 0 Å². The number of rotatable bonds is 5. The number of carbonyl (C=O) groups is 3. The number of hydrogen-bond donors (Lipinski definition) is 1. The first-order chi connectivity index (χ1) is 21.6. The van der Waals surface area contributed by atoms with E-state index in [0.29, 0.717) is 15.6 Å². The summed E-state index contributed by atoms with van der Waals surface area (Å²) >= 11 is 1.99. The Bertz CT molecular complexity index is 1910. The SMILES string of the molecule is Cc1ccc(N2C(=O)C3Sc4c(sc(=O)n4CC(=O)Nc4cccc(C(F)(F)F)c4)[C@@H](c4ccc(C(C)(C)C)cc4)C3C2=O)cc1. The minimum Gasteiger partial charge on any atom is -0.325 e. The smallest absolute Gasteiger partial charge is 0.325 e. The summed E-state index contributed by atoms with van der Waals surface area (Å²) in [4.78, 5) is 55.8. The summed E-state index contributed by atoms with van der Waals surface area (Å²) in [6, 6.07) is 19.1. The molecule has 12 heteroatoms. The molecule has 1 saturated heterocycles. The van der Waals surface area contributed by atoms with Crippen LogP contribution in [0.1, 0.15) is 53.8 Å². The lowest BCUT2D eigenvalue weighted by atomic mass is 9.81. The minimum atomic E-state index is -4.59. The van der Waals surface area contributed by atoms with E-state index >= 15 is 0 Å². The van der Waals surface area contributed by atoms with Gasteiger partial charge in [-0.25, -0.2) is 4.90 Å². The van der Waals surface area contributed by atoms with Crippen molar-refractivity contribution in [2.24, 2.45) is 5.92 Å². The van der Waals surface area contributed by atoms with Crippen molar-refractivity contribution in [1.29, 1.82) is 0 Å². The normalized spacial score (nSPS) is 19.6. The summed E-state index contributed by atoms with van der Waals surface area (Å²) in [5, 5.41) is 1.99. The second-order valence-electron chi connectivity index (χ2n) is 12.5. The van der Waals surface area contributed by atoms with E-state index < -0.39 is 52.1 Å². The molecule has 46 heavy (non-hydrogen) atoms. The molecule has 4 aromatic rings. The standard InChI is InChI=1S/C34H30F3N3O4S2/c1-18-8-14-23(15-9-18)40-29(42)26-25(19-10-12-20(13-11-19)33(2,3)4)28-31(45-27(26)30(40)43)39(32(44)46-28)17-24(41)38-22-7-5-6-21(16-22)34(35,36)37/h5-16,25-27H,17H2,1-4H3,(H,38,41)/t25-,26?,27?/m0/s1. The Hall–Kier alpha value is -4.16. The van der Waals surface area contributed by atoms with Gasteiger partial charge < -0.3 is 5.32 Å². The van der Waals surface area contributed by atoms with E-state index in [1.54, 1.807) is 12.1 Å². The number of nitrogens with zero attached hydrogens (tertiary/aromatic N) is 2. The quantitative estimate of drug-likeness (QED) is 0.233. The highest BCUT2D eigenvalue weighted by molar-refractivity contribution is 8.00. The molecule has 0 saturated carbocycles.